The molecule has 0 bridgehead atoms. The molecule has 0 aliphatic heterocycles. The highest BCUT2D eigenvalue weighted by Gasteiger charge is 2.30. The Hall–Kier alpha value is -1.85. The van der Waals surface area contributed by atoms with E-state index >= 15 is 0 Å². The molecular weight excluding hydrogens is 415 g/mol. The largest absolute Gasteiger partial charge is 0.416 e. The van der Waals surface area contributed by atoms with Crippen LogP contribution in [0.4, 0.5) is 13.2 Å². The minimum atomic E-state index is -4.57. The van der Waals surface area contributed by atoms with Crippen LogP contribution >= 0.6 is 15.9 Å². The van der Waals surface area contributed by atoms with E-state index in [1.807, 2.05) is 10.3 Å². The van der Waals surface area contributed by atoms with Crippen molar-refractivity contribution < 1.29 is 26.4 Å². The predicted molar refractivity (Wildman–Crippen MR) is 82.3 cm³/mol. The van der Waals surface area contributed by atoms with Crippen LogP contribution in [-0.2, 0) is 23.2 Å². The van der Waals surface area contributed by atoms with E-state index in [2.05, 4.69) is 15.9 Å². The number of nitrogens with zero attached hydrogens (tertiary/aromatic N) is 1. The summed E-state index contributed by atoms with van der Waals surface area (Å²) in [7, 11) is -2.61. The van der Waals surface area contributed by atoms with Gasteiger partial charge in [0.05, 0.1) is 10.5 Å². The first kappa shape index (κ1) is 18.5. The molecule has 1 aromatic carbocycles. The van der Waals surface area contributed by atoms with Crippen LogP contribution in [0.3, 0.4) is 0 Å². The maximum atomic E-state index is 12.5. The highest BCUT2D eigenvalue weighted by molar-refractivity contribution is 9.10. The van der Waals surface area contributed by atoms with Gasteiger partial charge in [-0.1, -0.05) is 0 Å². The summed E-state index contributed by atoms with van der Waals surface area (Å²) in [6.45, 7) is 0. The van der Waals surface area contributed by atoms with E-state index in [1.54, 1.807) is 13.2 Å². The van der Waals surface area contributed by atoms with E-state index in [0.29, 0.717) is 16.6 Å². The average Bonchev–Trinajstić information content (AvgIpc) is 2.83. The molecule has 0 fully saturated rings. The molecule has 6 nitrogen and oxygen atoms in total. The van der Waals surface area contributed by atoms with E-state index in [1.165, 1.54) is 10.6 Å². The van der Waals surface area contributed by atoms with Crippen molar-refractivity contribution in [2.24, 2.45) is 7.05 Å². The van der Waals surface area contributed by atoms with Crippen LogP contribution in [0.15, 0.2) is 45.9 Å². The van der Waals surface area contributed by atoms with E-state index < -0.39 is 32.6 Å². The Morgan fingerprint density at radius 1 is 1.21 bits per heavy atom. The highest BCUT2D eigenvalue weighted by Crippen LogP contribution is 2.29. The molecule has 1 heterocycles. The first-order valence-corrected chi connectivity index (χ1v) is 8.59. The van der Waals surface area contributed by atoms with Crippen molar-refractivity contribution >= 4 is 31.9 Å². The topological polar surface area (TPSA) is 80.2 Å². The number of hydrazine groups is 1. The van der Waals surface area contributed by atoms with Crippen molar-refractivity contribution in [1.29, 1.82) is 0 Å². The van der Waals surface area contributed by atoms with Crippen molar-refractivity contribution in [3.8, 4) is 0 Å². The van der Waals surface area contributed by atoms with E-state index in [9.17, 15) is 26.4 Å². The molecule has 1 aromatic heterocycles. The Morgan fingerprint density at radius 2 is 1.79 bits per heavy atom. The fourth-order valence-electron chi connectivity index (χ4n) is 1.81. The molecule has 0 radical (unpaired) electrons. The number of halogens is 4. The van der Waals surface area contributed by atoms with Crippen LogP contribution in [0, 0.1) is 0 Å². The van der Waals surface area contributed by atoms with Crippen LogP contribution in [0.1, 0.15) is 16.1 Å². The second-order valence-electron chi connectivity index (χ2n) is 4.74. The molecule has 24 heavy (non-hydrogen) atoms. The van der Waals surface area contributed by atoms with Crippen LogP contribution in [0.5, 0.6) is 0 Å². The molecule has 0 aliphatic carbocycles. The van der Waals surface area contributed by atoms with Gasteiger partial charge < -0.3 is 4.57 Å². The van der Waals surface area contributed by atoms with Gasteiger partial charge in [0, 0.05) is 17.7 Å². The molecule has 2 rings (SSSR count). The summed E-state index contributed by atoms with van der Waals surface area (Å²) < 4.78 is 63.5. The fraction of sp³-hybridized carbons (Fsp3) is 0.154. The number of sulfonamides is 1. The second-order valence-corrected chi connectivity index (χ2v) is 7.33. The van der Waals surface area contributed by atoms with Crippen LogP contribution in [0.2, 0.25) is 0 Å². The third-order valence-electron chi connectivity index (χ3n) is 3.00. The quantitative estimate of drug-likeness (QED) is 0.738. The Balaban J connectivity index is 2.11. The van der Waals surface area contributed by atoms with Gasteiger partial charge >= 0.3 is 6.18 Å². The summed E-state index contributed by atoms with van der Waals surface area (Å²) in [6.07, 6.45) is -2.97. The van der Waals surface area contributed by atoms with Crippen molar-refractivity contribution in [2.75, 3.05) is 0 Å². The minimum absolute atomic E-state index is 0.178. The first-order valence-electron chi connectivity index (χ1n) is 6.32. The molecule has 0 saturated heterocycles. The van der Waals surface area contributed by atoms with Crippen molar-refractivity contribution in [3.05, 3.63) is 52.3 Å². The van der Waals surface area contributed by atoms with E-state index in [0.717, 1.165) is 12.1 Å². The van der Waals surface area contributed by atoms with Gasteiger partial charge in [-0.3, -0.25) is 10.2 Å². The molecule has 0 saturated carbocycles. The van der Waals surface area contributed by atoms with Crippen molar-refractivity contribution in [3.63, 3.8) is 0 Å². The van der Waals surface area contributed by atoms with Gasteiger partial charge in [-0.2, -0.15) is 13.2 Å². The fourth-order valence-corrected chi connectivity index (χ4v) is 3.17. The molecule has 1 amide bonds. The summed E-state index contributed by atoms with van der Waals surface area (Å²) in [6, 6.07) is 4.37. The maximum absolute atomic E-state index is 12.5. The first-order chi connectivity index (χ1) is 11.0. The monoisotopic (exact) mass is 425 g/mol. The van der Waals surface area contributed by atoms with Crippen LogP contribution in [0.25, 0.3) is 0 Å². The summed E-state index contributed by atoms with van der Waals surface area (Å²) in [5.74, 6) is -0.723. The Labute approximate surface area is 143 Å². The van der Waals surface area contributed by atoms with Crippen molar-refractivity contribution in [1.82, 2.24) is 14.8 Å². The number of carbonyl (C=O) groups is 1. The summed E-state index contributed by atoms with van der Waals surface area (Å²) in [4.78, 5) is 13.3. The van der Waals surface area contributed by atoms with Crippen LogP contribution in [-0.4, -0.2) is 18.9 Å². The standard InChI is InChI=1S/C13H11BrF3N3O3S/c1-20-7-9(14)6-11(20)12(21)18-19-24(22,23)10-4-2-8(3-5-10)13(15,16)17/h2-7,19H,1H3,(H,18,21). The predicted octanol–water partition coefficient (Wildman–Crippen LogP) is 2.43. The molecule has 11 heteroatoms. The number of nitrogens with one attached hydrogen (secondary N) is 2. The molecule has 2 N–H and O–H groups in total. The van der Waals surface area contributed by atoms with Gasteiger partial charge in [0.2, 0.25) is 0 Å². The van der Waals surface area contributed by atoms with Gasteiger partial charge in [-0.25, -0.2) is 8.42 Å². The number of aryl methyl sites for hydroxylation is 1. The number of rotatable bonds is 4. The van der Waals surface area contributed by atoms with Crippen molar-refractivity contribution in [2.45, 2.75) is 11.1 Å². The lowest BCUT2D eigenvalue weighted by atomic mass is 10.2. The molecule has 0 spiro atoms. The molecule has 130 valence electrons. The lowest BCUT2D eigenvalue weighted by Crippen LogP contribution is -2.42. The lowest BCUT2D eigenvalue weighted by molar-refractivity contribution is -0.137. The zero-order chi connectivity index (χ0) is 18.1. The van der Waals surface area contributed by atoms with Gasteiger partial charge in [0.15, 0.2) is 0 Å². The third-order valence-corrected chi connectivity index (χ3v) is 4.69. The molecule has 0 atom stereocenters. The molecule has 2 aromatic rings. The Morgan fingerprint density at radius 3 is 2.25 bits per heavy atom. The number of amides is 1. The third kappa shape index (κ3) is 4.16. The van der Waals surface area contributed by atoms with Gasteiger partial charge in [0.1, 0.15) is 5.69 Å². The van der Waals surface area contributed by atoms with E-state index in [4.69, 9.17) is 0 Å². The van der Waals surface area contributed by atoms with Gasteiger partial charge in [-0.15, -0.1) is 4.83 Å². The number of aromatic nitrogens is 1. The zero-order valence-corrected chi connectivity index (χ0v) is 14.5. The summed E-state index contributed by atoms with van der Waals surface area (Å²) in [5, 5.41) is 0. The smallest absolute Gasteiger partial charge is 0.345 e. The lowest BCUT2D eigenvalue weighted by Gasteiger charge is -2.10. The number of benzene rings is 1. The normalized spacial score (nSPS) is 12.2. The average molecular weight is 426 g/mol. The SMILES string of the molecule is Cn1cc(Br)cc1C(=O)NNS(=O)(=O)c1ccc(C(F)(F)F)cc1. The number of alkyl halides is 3. The number of carbonyl (C=O) groups excluding carboxylic acids is 1. The molecular formula is C13H11BrF3N3O3S. The molecule has 0 aliphatic rings. The van der Waals surface area contributed by atoms with Gasteiger partial charge in [0.25, 0.3) is 15.9 Å². The van der Waals surface area contributed by atoms with E-state index in [-0.39, 0.29) is 5.69 Å². The van der Waals surface area contributed by atoms with Crippen LogP contribution < -0.4 is 10.3 Å². The second kappa shape index (κ2) is 6.57. The Kier molecular flexibility index (Phi) is 5.06. The Bertz CT molecular complexity index is 861. The summed E-state index contributed by atoms with van der Waals surface area (Å²) in [5.41, 5.74) is 1.20. The van der Waals surface area contributed by atoms with Gasteiger partial charge in [-0.05, 0) is 46.3 Å². The zero-order valence-electron chi connectivity index (χ0n) is 12.1. The maximum Gasteiger partial charge on any atom is 0.416 e. The molecule has 0 unspecified atom stereocenters. The summed E-state index contributed by atoms with van der Waals surface area (Å²) >= 11 is 3.17. The number of hydrogen-bond acceptors (Lipinski definition) is 3. The minimum Gasteiger partial charge on any atom is -0.345 e. The highest BCUT2D eigenvalue weighted by atomic mass is 79.9. The number of hydrogen-bond donors (Lipinski definition) is 2.